The summed E-state index contributed by atoms with van der Waals surface area (Å²) >= 11 is 0. The molecule has 3 fully saturated rings. The van der Waals surface area contributed by atoms with Crippen LogP contribution in [0.5, 0.6) is 0 Å². The molecule has 1 heterocycles. The smallest absolute Gasteiger partial charge is 0.290 e. The second-order valence-corrected chi connectivity index (χ2v) is 15.7. The molecule has 3 aliphatic rings. The van der Waals surface area contributed by atoms with Gasteiger partial charge in [-0.3, -0.25) is 33.6 Å². The van der Waals surface area contributed by atoms with Crippen molar-refractivity contribution in [3.63, 3.8) is 0 Å². The quantitative estimate of drug-likeness (QED) is 0.159. The van der Waals surface area contributed by atoms with Crippen molar-refractivity contribution in [3.05, 3.63) is 35.9 Å². The minimum Gasteiger partial charge on any atom is -0.371 e. The van der Waals surface area contributed by atoms with Gasteiger partial charge in [0.05, 0.1) is 24.3 Å². The molecule has 1 aromatic rings. The van der Waals surface area contributed by atoms with Gasteiger partial charge < -0.3 is 36.6 Å². The lowest BCUT2D eigenvalue weighted by Gasteiger charge is -2.35. The third kappa shape index (κ3) is 12.1. The number of carbonyl (C=O) groups excluding carboxylic acids is 7. The summed E-state index contributed by atoms with van der Waals surface area (Å²) in [7, 11) is 0. The Morgan fingerprint density at radius 3 is 2.11 bits per heavy atom. The molecule has 4 rings (SSSR count). The maximum absolute atomic E-state index is 14.5. The monoisotopic (exact) mass is 738 g/mol. The van der Waals surface area contributed by atoms with Crippen molar-refractivity contribution in [2.75, 3.05) is 13.1 Å². The molecule has 0 radical (unpaired) electrons. The maximum Gasteiger partial charge on any atom is 0.290 e. The number of benzene rings is 1. The Bertz CT molecular complexity index is 1470. The zero-order chi connectivity index (χ0) is 38.7. The van der Waals surface area contributed by atoms with Gasteiger partial charge in [0.1, 0.15) is 18.1 Å². The Hall–Kier alpha value is -4.33. The Balaban J connectivity index is 1.44. The number of Topliss-reactive ketones (excluding diaryl/α,β-unsaturated/α-hetero) is 1. The predicted octanol–water partition coefficient (Wildman–Crippen LogP) is 2.34. The van der Waals surface area contributed by atoms with Crippen LogP contribution in [0.4, 0.5) is 0 Å². The number of rotatable bonds is 16. The number of nitrogens with two attached hydrogens (primary N) is 1. The molecule has 0 bridgehead atoms. The molecular formula is C39H58N6O8. The molecule has 5 atom stereocenters. The number of hydrogen-bond acceptors (Lipinski definition) is 8. The Kier molecular flexibility index (Phi) is 15.0. The van der Waals surface area contributed by atoms with Crippen LogP contribution in [0.3, 0.4) is 0 Å². The first-order chi connectivity index (χ1) is 25.2. The number of amides is 6. The van der Waals surface area contributed by atoms with E-state index in [1.807, 2.05) is 20.8 Å². The zero-order valence-electron chi connectivity index (χ0n) is 31.6. The van der Waals surface area contributed by atoms with Crippen LogP contribution in [0.2, 0.25) is 0 Å². The summed E-state index contributed by atoms with van der Waals surface area (Å²) in [6, 6.07) is 4.16. The van der Waals surface area contributed by atoms with E-state index in [-0.39, 0.29) is 37.1 Å². The van der Waals surface area contributed by atoms with Crippen molar-refractivity contribution in [3.8, 4) is 0 Å². The van der Waals surface area contributed by atoms with Crippen molar-refractivity contribution in [1.29, 1.82) is 0 Å². The standard InChI is InChI=1S/C39H58N6O8/c1-5-28(34(48)37(51)41-22-31(47)44-32(35(40)49)25-16-8-6-9-17-25)42-36(50)29-21-27(53-39(2,3)4)23-45(29)38(52)33(26-18-10-7-11-19-26)43-30(46)20-24-14-12-13-15-24/h6,8-9,16-17,24,26-29,32-33H,5,7,10-15,18-23H2,1-4H3,(H2,40,49)(H,41,51)(H,42,50)(H,43,46)(H,44,47). The molecule has 1 aliphatic heterocycles. The molecule has 0 spiro atoms. The summed E-state index contributed by atoms with van der Waals surface area (Å²) in [6.45, 7) is 6.81. The molecular weight excluding hydrogens is 680 g/mol. The molecule has 2 aliphatic carbocycles. The summed E-state index contributed by atoms with van der Waals surface area (Å²) in [5.41, 5.74) is 5.36. The van der Waals surface area contributed by atoms with Crippen LogP contribution >= 0.6 is 0 Å². The van der Waals surface area contributed by atoms with Crippen molar-refractivity contribution in [1.82, 2.24) is 26.2 Å². The number of nitrogens with zero attached hydrogens (tertiary/aromatic N) is 1. The van der Waals surface area contributed by atoms with Gasteiger partial charge in [-0.15, -0.1) is 0 Å². The van der Waals surface area contributed by atoms with Gasteiger partial charge in [0.2, 0.25) is 35.3 Å². The van der Waals surface area contributed by atoms with Gasteiger partial charge in [-0.25, -0.2) is 0 Å². The van der Waals surface area contributed by atoms with E-state index in [1.165, 1.54) is 4.90 Å². The van der Waals surface area contributed by atoms with Crippen molar-refractivity contribution in [2.24, 2.45) is 17.6 Å². The van der Waals surface area contributed by atoms with E-state index >= 15 is 0 Å². The van der Waals surface area contributed by atoms with E-state index in [4.69, 9.17) is 10.5 Å². The van der Waals surface area contributed by atoms with Crippen LogP contribution < -0.4 is 27.0 Å². The first kappa shape index (κ1) is 41.4. The number of carbonyl (C=O) groups is 7. The fraction of sp³-hybridized carbons (Fsp3) is 0.667. The SMILES string of the molecule is CCC(NC(=O)C1CC(OC(C)(C)C)CN1C(=O)C(NC(=O)CC1CCCC1)C1CCCCC1)C(=O)C(=O)NCC(=O)NC(C(N)=O)c1ccccc1. The van der Waals surface area contributed by atoms with Gasteiger partial charge in [-0.05, 0) is 70.3 Å². The fourth-order valence-electron chi connectivity index (χ4n) is 7.81. The summed E-state index contributed by atoms with van der Waals surface area (Å²) in [5.74, 6) is -4.48. The highest BCUT2D eigenvalue weighted by Crippen LogP contribution is 2.32. The number of primary amides is 1. The highest BCUT2D eigenvalue weighted by Gasteiger charge is 2.46. The van der Waals surface area contributed by atoms with Crippen LogP contribution in [-0.4, -0.2) is 89.0 Å². The first-order valence-electron chi connectivity index (χ1n) is 19.2. The number of likely N-dealkylation sites (tertiary alicyclic amines) is 1. The van der Waals surface area contributed by atoms with Gasteiger partial charge in [0.15, 0.2) is 0 Å². The number of ketones is 1. The van der Waals surface area contributed by atoms with E-state index < -0.39 is 71.8 Å². The summed E-state index contributed by atoms with van der Waals surface area (Å²) in [4.78, 5) is 94.0. The summed E-state index contributed by atoms with van der Waals surface area (Å²) < 4.78 is 6.24. The van der Waals surface area contributed by atoms with Gasteiger partial charge in [-0.1, -0.05) is 69.4 Å². The Morgan fingerprint density at radius 1 is 0.868 bits per heavy atom. The van der Waals surface area contributed by atoms with Crippen molar-refractivity contribution in [2.45, 2.75) is 141 Å². The first-order valence-corrected chi connectivity index (χ1v) is 19.2. The lowest BCUT2D eigenvalue weighted by atomic mass is 9.83. The molecule has 6 N–H and O–H groups in total. The molecule has 14 nitrogen and oxygen atoms in total. The highest BCUT2D eigenvalue weighted by atomic mass is 16.5. The molecule has 14 heteroatoms. The van der Waals surface area contributed by atoms with Crippen LogP contribution in [-0.2, 0) is 38.3 Å². The van der Waals surface area contributed by atoms with Crippen LogP contribution in [0, 0.1) is 11.8 Å². The van der Waals surface area contributed by atoms with Gasteiger partial charge in [0.25, 0.3) is 5.91 Å². The third-order valence-electron chi connectivity index (χ3n) is 10.4. The molecule has 53 heavy (non-hydrogen) atoms. The van der Waals surface area contributed by atoms with Crippen LogP contribution in [0.25, 0.3) is 0 Å². The van der Waals surface area contributed by atoms with Crippen LogP contribution in [0.15, 0.2) is 30.3 Å². The average Bonchev–Trinajstić information content (AvgIpc) is 3.80. The lowest BCUT2D eigenvalue weighted by molar-refractivity contribution is -0.144. The van der Waals surface area contributed by atoms with E-state index in [0.717, 1.165) is 57.8 Å². The molecule has 292 valence electrons. The number of ether oxygens (including phenoxy) is 1. The molecule has 1 saturated heterocycles. The van der Waals surface area contributed by atoms with E-state index in [1.54, 1.807) is 37.3 Å². The average molecular weight is 739 g/mol. The predicted molar refractivity (Wildman–Crippen MR) is 197 cm³/mol. The second-order valence-electron chi connectivity index (χ2n) is 15.7. The van der Waals surface area contributed by atoms with Gasteiger partial charge in [0, 0.05) is 19.4 Å². The van der Waals surface area contributed by atoms with Gasteiger partial charge >= 0.3 is 0 Å². The van der Waals surface area contributed by atoms with Gasteiger partial charge in [-0.2, -0.15) is 0 Å². The highest BCUT2D eigenvalue weighted by molar-refractivity contribution is 6.38. The lowest BCUT2D eigenvalue weighted by Crippen LogP contribution is -2.58. The topological polar surface area (TPSA) is 206 Å². The Labute approximate surface area is 312 Å². The minimum atomic E-state index is -1.24. The zero-order valence-corrected chi connectivity index (χ0v) is 31.6. The number of nitrogens with one attached hydrogen (secondary N) is 4. The molecule has 2 saturated carbocycles. The van der Waals surface area contributed by atoms with E-state index in [2.05, 4.69) is 21.3 Å². The fourth-order valence-corrected chi connectivity index (χ4v) is 7.81. The van der Waals surface area contributed by atoms with E-state index in [0.29, 0.717) is 17.9 Å². The maximum atomic E-state index is 14.5. The Morgan fingerprint density at radius 2 is 1.51 bits per heavy atom. The summed E-state index contributed by atoms with van der Waals surface area (Å²) in [6.07, 6.45) is 8.90. The molecule has 5 unspecified atom stereocenters. The second kappa shape index (κ2) is 19.1. The van der Waals surface area contributed by atoms with E-state index in [9.17, 15) is 33.6 Å². The third-order valence-corrected chi connectivity index (χ3v) is 10.4. The molecule has 1 aromatic carbocycles. The summed E-state index contributed by atoms with van der Waals surface area (Å²) in [5, 5.41) is 10.5. The molecule has 6 amide bonds. The van der Waals surface area contributed by atoms with Crippen molar-refractivity contribution >= 4 is 41.2 Å². The number of hydrogen-bond donors (Lipinski definition) is 5. The largest absolute Gasteiger partial charge is 0.371 e. The normalized spacial score (nSPS) is 21.2. The minimum absolute atomic E-state index is 0.0620. The van der Waals surface area contributed by atoms with Crippen molar-refractivity contribution < 1.29 is 38.3 Å². The van der Waals surface area contributed by atoms with Crippen LogP contribution in [0.1, 0.15) is 116 Å². The molecule has 0 aromatic heterocycles.